The van der Waals surface area contributed by atoms with Gasteiger partial charge in [-0.15, -0.1) is 0 Å². The number of pyridine rings is 1. The summed E-state index contributed by atoms with van der Waals surface area (Å²) in [4.78, 5) is 37.4. The van der Waals surface area contributed by atoms with Gasteiger partial charge in [0.2, 0.25) is 5.91 Å². The van der Waals surface area contributed by atoms with Gasteiger partial charge < -0.3 is 24.8 Å². The van der Waals surface area contributed by atoms with E-state index >= 15 is 0 Å². The standard InChI is InChI=1S/C28H27ClN4O5/c1-33(11-2-12-34)26(35)20-13-21(14-20)38-28-30-23-15-22(29)24(31-25(23)32-28)18-7-3-16(4-8-18)17-5-9-19(10-6-17)27(36)37/h3-10,15,20-21,34H,2,11-14H2,1H3,(H,36,37)(H,30,31,32). The Morgan fingerprint density at radius 1 is 1.05 bits per heavy atom. The van der Waals surface area contributed by atoms with E-state index in [1.165, 1.54) is 0 Å². The van der Waals surface area contributed by atoms with Crippen LogP contribution in [0.25, 0.3) is 33.5 Å². The number of carboxylic acid groups (broad SMARTS) is 1. The third-order valence-corrected chi connectivity index (χ3v) is 7.07. The van der Waals surface area contributed by atoms with E-state index in [2.05, 4.69) is 15.0 Å². The SMILES string of the molecule is CN(CCCO)C(=O)C1CC(Oc2nc3nc(-c4ccc(-c5ccc(C(=O)O)cc5)cc4)c(Cl)cc3[nH]2)C1. The van der Waals surface area contributed by atoms with Gasteiger partial charge in [-0.25, -0.2) is 9.78 Å². The summed E-state index contributed by atoms with van der Waals surface area (Å²) in [5.74, 6) is -0.963. The number of aromatic amines is 1. The molecule has 9 nitrogen and oxygen atoms in total. The van der Waals surface area contributed by atoms with Crippen molar-refractivity contribution in [2.75, 3.05) is 20.2 Å². The molecule has 10 heteroatoms. The first-order chi connectivity index (χ1) is 18.3. The number of nitrogens with zero attached hydrogens (tertiary/aromatic N) is 3. The Morgan fingerprint density at radius 2 is 1.68 bits per heavy atom. The smallest absolute Gasteiger partial charge is 0.335 e. The fourth-order valence-corrected chi connectivity index (χ4v) is 4.79. The van der Waals surface area contributed by atoms with Crippen LogP contribution in [-0.4, -0.2) is 68.2 Å². The van der Waals surface area contributed by atoms with Gasteiger partial charge in [-0.3, -0.25) is 4.79 Å². The van der Waals surface area contributed by atoms with Gasteiger partial charge in [0, 0.05) is 31.7 Å². The molecule has 0 bridgehead atoms. The van der Waals surface area contributed by atoms with E-state index in [1.807, 2.05) is 24.3 Å². The van der Waals surface area contributed by atoms with E-state index in [0.717, 1.165) is 16.7 Å². The Morgan fingerprint density at radius 3 is 2.32 bits per heavy atom. The summed E-state index contributed by atoms with van der Waals surface area (Å²) in [6.45, 7) is 0.605. The molecular formula is C28H27ClN4O5. The van der Waals surface area contributed by atoms with Crippen molar-refractivity contribution in [3.05, 3.63) is 65.2 Å². The van der Waals surface area contributed by atoms with Crippen LogP contribution in [0.15, 0.2) is 54.6 Å². The zero-order valence-electron chi connectivity index (χ0n) is 20.7. The number of benzene rings is 2. The molecule has 2 heterocycles. The highest BCUT2D eigenvalue weighted by molar-refractivity contribution is 6.33. The Labute approximate surface area is 224 Å². The van der Waals surface area contributed by atoms with Crippen LogP contribution in [0.4, 0.5) is 0 Å². The maximum atomic E-state index is 12.4. The molecule has 1 fully saturated rings. The average molecular weight is 535 g/mol. The highest BCUT2D eigenvalue weighted by Crippen LogP contribution is 2.34. The summed E-state index contributed by atoms with van der Waals surface area (Å²) >= 11 is 6.55. The van der Waals surface area contributed by atoms with Crippen molar-refractivity contribution < 1.29 is 24.5 Å². The predicted molar refractivity (Wildman–Crippen MR) is 143 cm³/mol. The summed E-state index contributed by atoms with van der Waals surface area (Å²) in [7, 11) is 1.75. The van der Waals surface area contributed by atoms with Gasteiger partial charge >= 0.3 is 5.97 Å². The second kappa shape index (κ2) is 10.8. The number of ether oxygens (including phenoxy) is 1. The van der Waals surface area contributed by atoms with E-state index in [9.17, 15) is 9.59 Å². The van der Waals surface area contributed by atoms with Gasteiger partial charge in [-0.2, -0.15) is 4.98 Å². The van der Waals surface area contributed by atoms with Gasteiger partial charge in [0.25, 0.3) is 6.01 Å². The zero-order chi connectivity index (χ0) is 26.8. The van der Waals surface area contributed by atoms with E-state index < -0.39 is 5.97 Å². The normalized spacial score (nSPS) is 16.7. The molecule has 1 aliphatic carbocycles. The first-order valence-corrected chi connectivity index (χ1v) is 12.7. The quantitative estimate of drug-likeness (QED) is 0.285. The van der Waals surface area contributed by atoms with Crippen LogP contribution in [0, 0.1) is 5.92 Å². The number of aliphatic hydroxyl groups excluding tert-OH is 1. The Bertz CT molecular complexity index is 1460. The molecule has 1 amide bonds. The van der Waals surface area contributed by atoms with Gasteiger partial charge in [0.05, 0.1) is 21.8 Å². The number of nitrogens with one attached hydrogen (secondary N) is 1. The molecule has 0 atom stereocenters. The van der Waals surface area contributed by atoms with Crippen molar-refractivity contribution in [1.29, 1.82) is 0 Å². The number of carboxylic acids is 1. The molecule has 4 aromatic rings. The Kier molecular flexibility index (Phi) is 7.31. The number of carbonyl (C=O) groups excluding carboxylic acids is 1. The lowest BCUT2D eigenvalue weighted by molar-refractivity contribution is -0.140. The number of hydrogen-bond donors (Lipinski definition) is 3. The highest BCUT2D eigenvalue weighted by Gasteiger charge is 2.38. The van der Waals surface area contributed by atoms with E-state index in [4.69, 9.17) is 26.6 Å². The summed E-state index contributed by atoms with van der Waals surface area (Å²) in [5, 5.41) is 18.5. The molecular weight excluding hydrogens is 508 g/mol. The minimum atomic E-state index is -0.958. The molecule has 1 saturated carbocycles. The van der Waals surface area contributed by atoms with E-state index in [-0.39, 0.29) is 30.1 Å². The summed E-state index contributed by atoms with van der Waals surface area (Å²) in [6, 6.07) is 16.5. The van der Waals surface area contributed by atoms with Crippen molar-refractivity contribution in [1.82, 2.24) is 19.9 Å². The third kappa shape index (κ3) is 5.34. The van der Waals surface area contributed by atoms with Gasteiger partial charge in [0.15, 0.2) is 5.65 Å². The van der Waals surface area contributed by atoms with Crippen LogP contribution in [0.1, 0.15) is 29.6 Å². The topological polar surface area (TPSA) is 129 Å². The van der Waals surface area contributed by atoms with Crippen LogP contribution in [0.3, 0.4) is 0 Å². The zero-order valence-corrected chi connectivity index (χ0v) is 21.5. The number of amides is 1. The first-order valence-electron chi connectivity index (χ1n) is 12.4. The molecule has 2 aromatic heterocycles. The van der Waals surface area contributed by atoms with E-state index in [0.29, 0.717) is 53.7 Å². The molecule has 5 rings (SSSR count). The highest BCUT2D eigenvalue weighted by atomic mass is 35.5. The molecule has 0 spiro atoms. The fourth-order valence-electron chi connectivity index (χ4n) is 4.53. The van der Waals surface area contributed by atoms with Crippen LogP contribution in [-0.2, 0) is 4.79 Å². The number of carbonyl (C=O) groups is 2. The molecule has 2 aromatic carbocycles. The maximum absolute atomic E-state index is 12.4. The molecule has 196 valence electrons. The van der Waals surface area contributed by atoms with Gasteiger partial charge in [-0.05, 0) is 48.6 Å². The lowest BCUT2D eigenvalue weighted by Gasteiger charge is -2.35. The number of aromatic nitrogens is 3. The van der Waals surface area contributed by atoms with Crippen LogP contribution < -0.4 is 4.74 Å². The number of imidazole rings is 1. The van der Waals surface area contributed by atoms with Gasteiger partial charge in [0.1, 0.15) is 6.10 Å². The van der Waals surface area contributed by atoms with E-state index in [1.54, 1.807) is 42.3 Å². The van der Waals surface area contributed by atoms with Crippen LogP contribution in [0.2, 0.25) is 5.02 Å². The molecule has 0 aliphatic heterocycles. The molecule has 0 saturated heterocycles. The number of rotatable bonds is 9. The Balaban J connectivity index is 1.26. The third-order valence-electron chi connectivity index (χ3n) is 6.78. The van der Waals surface area contributed by atoms with Gasteiger partial charge in [-0.1, -0.05) is 48.0 Å². The van der Waals surface area contributed by atoms with Crippen molar-refractivity contribution in [3.63, 3.8) is 0 Å². The minimum Gasteiger partial charge on any atom is -0.478 e. The number of H-pyrrole nitrogens is 1. The van der Waals surface area contributed by atoms with Crippen molar-refractivity contribution >= 4 is 34.6 Å². The second-order valence-corrected chi connectivity index (χ2v) is 9.84. The summed E-state index contributed by atoms with van der Waals surface area (Å²) < 4.78 is 5.95. The van der Waals surface area contributed by atoms with Crippen molar-refractivity contribution in [2.24, 2.45) is 5.92 Å². The number of hydrogen-bond acceptors (Lipinski definition) is 6. The number of fused-ring (bicyclic) bond motifs is 1. The second-order valence-electron chi connectivity index (χ2n) is 9.44. The summed E-state index contributed by atoms with van der Waals surface area (Å²) in [6.07, 6.45) is 1.69. The lowest BCUT2D eigenvalue weighted by Crippen LogP contribution is -2.44. The molecule has 0 radical (unpaired) electrons. The number of aliphatic hydroxyl groups is 1. The average Bonchev–Trinajstić information content (AvgIpc) is 3.29. The minimum absolute atomic E-state index is 0.0652. The molecule has 38 heavy (non-hydrogen) atoms. The summed E-state index contributed by atoms with van der Waals surface area (Å²) in [5.41, 5.74) is 4.62. The van der Waals surface area contributed by atoms with Crippen molar-refractivity contribution in [2.45, 2.75) is 25.4 Å². The van der Waals surface area contributed by atoms with Crippen LogP contribution >= 0.6 is 11.6 Å². The monoisotopic (exact) mass is 534 g/mol. The fraction of sp³-hybridized carbons (Fsp3) is 0.286. The largest absolute Gasteiger partial charge is 0.478 e. The maximum Gasteiger partial charge on any atom is 0.335 e. The lowest BCUT2D eigenvalue weighted by atomic mass is 9.81. The predicted octanol–water partition coefficient (Wildman–Crippen LogP) is 4.64. The molecule has 1 aliphatic rings. The number of halogens is 1. The first kappa shape index (κ1) is 25.7. The van der Waals surface area contributed by atoms with Crippen LogP contribution in [0.5, 0.6) is 6.01 Å². The Hall–Kier alpha value is -3.95. The number of aromatic carboxylic acids is 1. The molecule has 0 unspecified atom stereocenters. The molecule has 3 N–H and O–H groups in total. The van der Waals surface area contributed by atoms with Crippen molar-refractivity contribution in [3.8, 4) is 28.4 Å².